The van der Waals surface area contributed by atoms with Crippen molar-refractivity contribution in [3.8, 4) is 11.8 Å². The Morgan fingerprint density at radius 3 is 2.12 bits per heavy atom. The van der Waals surface area contributed by atoms with E-state index in [0.717, 1.165) is 36.8 Å². The molecule has 2 aromatic carbocycles. The second-order valence-electron chi connectivity index (χ2n) is 6.32. The van der Waals surface area contributed by atoms with Crippen LogP contribution < -0.4 is 0 Å². The average Bonchev–Trinajstić information content (AvgIpc) is 3.22. The molecule has 0 amide bonds. The number of carbonyl (C=O) groups is 1. The summed E-state index contributed by atoms with van der Waals surface area (Å²) in [6.07, 6.45) is 3.65. The maximum absolute atomic E-state index is 13.0. The second-order valence-corrected chi connectivity index (χ2v) is 6.32. The van der Waals surface area contributed by atoms with Crippen molar-refractivity contribution in [1.82, 2.24) is 0 Å². The highest BCUT2D eigenvalue weighted by Gasteiger charge is 2.50. The standard InChI is InChI=1S/C22H18O2/c23-21-19(14-13-17-9-3-1-4-10-17)20(18-11-5-2-6-12-18)24-22(21)15-7-8-16-22/h1-6,9-12H,7-8,15-16H2. The van der Waals surface area contributed by atoms with Crippen molar-refractivity contribution < 1.29 is 9.53 Å². The van der Waals surface area contributed by atoms with Crippen molar-refractivity contribution >= 4 is 11.5 Å². The average molecular weight is 314 g/mol. The van der Waals surface area contributed by atoms with Gasteiger partial charge < -0.3 is 4.74 Å². The van der Waals surface area contributed by atoms with E-state index in [1.54, 1.807) is 0 Å². The molecule has 4 rings (SSSR count). The molecule has 2 aromatic rings. The van der Waals surface area contributed by atoms with Gasteiger partial charge in [0.25, 0.3) is 0 Å². The Kier molecular flexibility index (Phi) is 3.70. The molecule has 1 aliphatic heterocycles. The summed E-state index contributed by atoms with van der Waals surface area (Å²) in [7, 11) is 0. The molecule has 0 bridgehead atoms. The first-order valence-electron chi connectivity index (χ1n) is 8.39. The number of Topliss-reactive ketones (excluding diaryl/α,β-unsaturated/α-hetero) is 1. The molecule has 0 saturated heterocycles. The van der Waals surface area contributed by atoms with Crippen molar-refractivity contribution in [3.05, 3.63) is 77.4 Å². The van der Waals surface area contributed by atoms with E-state index < -0.39 is 5.60 Å². The lowest BCUT2D eigenvalue weighted by Crippen LogP contribution is -2.33. The van der Waals surface area contributed by atoms with Gasteiger partial charge in [-0.05, 0) is 37.8 Å². The first-order chi connectivity index (χ1) is 11.8. The molecule has 0 aromatic heterocycles. The Balaban J connectivity index is 1.79. The predicted molar refractivity (Wildman–Crippen MR) is 94.0 cm³/mol. The van der Waals surface area contributed by atoms with Gasteiger partial charge in [0.2, 0.25) is 5.78 Å². The molecule has 2 nitrogen and oxygen atoms in total. The Morgan fingerprint density at radius 2 is 1.46 bits per heavy atom. The number of ketones is 1. The largest absolute Gasteiger partial charge is 0.477 e. The highest BCUT2D eigenvalue weighted by Crippen LogP contribution is 2.45. The molecule has 1 fully saturated rings. The molecule has 0 radical (unpaired) electrons. The minimum absolute atomic E-state index is 0.0577. The van der Waals surface area contributed by atoms with Crippen molar-refractivity contribution in [2.75, 3.05) is 0 Å². The van der Waals surface area contributed by atoms with Crippen LogP contribution in [-0.4, -0.2) is 11.4 Å². The Morgan fingerprint density at radius 1 is 0.833 bits per heavy atom. The van der Waals surface area contributed by atoms with Crippen LogP contribution in [0.5, 0.6) is 0 Å². The van der Waals surface area contributed by atoms with Gasteiger partial charge in [0.05, 0.1) is 0 Å². The topological polar surface area (TPSA) is 26.3 Å². The van der Waals surface area contributed by atoms with E-state index in [0.29, 0.717) is 11.3 Å². The molecular weight excluding hydrogens is 296 g/mol. The maximum Gasteiger partial charge on any atom is 0.218 e. The van der Waals surface area contributed by atoms with Crippen LogP contribution in [0.4, 0.5) is 0 Å². The van der Waals surface area contributed by atoms with Crippen LogP contribution in [0.1, 0.15) is 36.8 Å². The molecule has 24 heavy (non-hydrogen) atoms. The third kappa shape index (κ3) is 2.53. The normalized spacial score (nSPS) is 18.4. The molecule has 0 atom stereocenters. The van der Waals surface area contributed by atoms with Crippen molar-refractivity contribution in [2.24, 2.45) is 0 Å². The second kappa shape index (κ2) is 6.02. The van der Waals surface area contributed by atoms with Gasteiger partial charge in [0.1, 0.15) is 11.3 Å². The molecule has 1 saturated carbocycles. The van der Waals surface area contributed by atoms with Gasteiger partial charge in [-0.2, -0.15) is 0 Å². The highest BCUT2D eigenvalue weighted by molar-refractivity contribution is 6.14. The summed E-state index contributed by atoms with van der Waals surface area (Å²) in [5, 5.41) is 0. The van der Waals surface area contributed by atoms with Crippen LogP contribution in [0, 0.1) is 11.8 Å². The van der Waals surface area contributed by atoms with E-state index in [2.05, 4.69) is 11.8 Å². The lowest BCUT2D eigenvalue weighted by Gasteiger charge is -2.22. The number of hydrogen-bond acceptors (Lipinski definition) is 2. The molecular formula is C22H18O2. The van der Waals surface area contributed by atoms with Crippen molar-refractivity contribution in [2.45, 2.75) is 31.3 Å². The zero-order chi connectivity index (χ0) is 16.4. The van der Waals surface area contributed by atoms with E-state index in [9.17, 15) is 4.79 Å². The molecule has 1 heterocycles. The fourth-order valence-corrected chi connectivity index (χ4v) is 3.46. The lowest BCUT2D eigenvalue weighted by atomic mass is 9.93. The third-order valence-electron chi connectivity index (χ3n) is 4.72. The summed E-state index contributed by atoms with van der Waals surface area (Å²) in [4.78, 5) is 13.0. The smallest absolute Gasteiger partial charge is 0.218 e. The van der Waals surface area contributed by atoms with E-state index in [-0.39, 0.29) is 5.78 Å². The molecule has 0 unspecified atom stereocenters. The zero-order valence-electron chi connectivity index (χ0n) is 13.4. The van der Waals surface area contributed by atoms with Gasteiger partial charge in [0, 0.05) is 11.1 Å². The van der Waals surface area contributed by atoms with Gasteiger partial charge in [-0.15, -0.1) is 0 Å². The SMILES string of the molecule is O=C1C(C#Cc2ccccc2)=C(c2ccccc2)OC12CCCC2. The third-order valence-corrected chi connectivity index (χ3v) is 4.72. The van der Waals surface area contributed by atoms with Crippen LogP contribution >= 0.6 is 0 Å². The van der Waals surface area contributed by atoms with Gasteiger partial charge in [-0.3, -0.25) is 4.79 Å². The monoisotopic (exact) mass is 314 g/mol. The Hall–Kier alpha value is -2.79. The Bertz CT molecular complexity index is 845. The predicted octanol–water partition coefficient (Wildman–Crippen LogP) is 4.36. The minimum atomic E-state index is -0.675. The minimum Gasteiger partial charge on any atom is -0.477 e. The molecule has 2 aliphatic rings. The van der Waals surface area contributed by atoms with E-state index in [1.807, 2.05) is 60.7 Å². The fraction of sp³-hybridized carbons (Fsp3) is 0.227. The van der Waals surface area contributed by atoms with Gasteiger partial charge >= 0.3 is 0 Å². The van der Waals surface area contributed by atoms with E-state index >= 15 is 0 Å². The summed E-state index contributed by atoms with van der Waals surface area (Å²) >= 11 is 0. The summed E-state index contributed by atoms with van der Waals surface area (Å²) in [5.74, 6) is 6.92. The summed E-state index contributed by atoms with van der Waals surface area (Å²) in [6, 6.07) is 19.6. The van der Waals surface area contributed by atoms with E-state index in [4.69, 9.17) is 4.74 Å². The first kappa shape index (κ1) is 14.8. The number of rotatable bonds is 1. The molecule has 2 heteroatoms. The summed E-state index contributed by atoms with van der Waals surface area (Å²) in [5.41, 5.74) is 1.67. The number of ether oxygens (including phenoxy) is 1. The van der Waals surface area contributed by atoms with Crippen molar-refractivity contribution in [3.63, 3.8) is 0 Å². The van der Waals surface area contributed by atoms with Crippen LogP contribution in [0.15, 0.2) is 66.2 Å². The number of benzene rings is 2. The summed E-state index contributed by atoms with van der Waals surface area (Å²) < 4.78 is 6.24. The van der Waals surface area contributed by atoms with E-state index in [1.165, 1.54) is 0 Å². The number of hydrogen-bond donors (Lipinski definition) is 0. The van der Waals surface area contributed by atoms with Gasteiger partial charge in [-0.25, -0.2) is 0 Å². The van der Waals surface area contributed by atoms with Gasteiger partial charge in [0.15, 0.2) is 5.60 Å². The van der Waals surface area contributed by atoms with Crippen LogP contribution in [0.2, 0.25) is 0 Å². The van der Waals surface area contributed by atoms with Gasteiger partial charge in [-0.1, -0.05) is 60.4 Å². The zero-order valence-corrected chi connectivity index (χ0v) is 13.4. The molecule has 0 N–H and O–H groups in total. The maximum atomic E-state index is 13.0. The Labute approximate surface area is 142 Å². The molecule has 118 valence electrons. The first-order valence-corrected chi connectivity index (χ1v) is 8.39. The lowest BCUT2D eigenvalue weighted by molar-refractivity contribution is -0.128. The number of carbonyl (C=O) groups excluding carboxylic acids is 1. The molecule has 1 spiro atoms. The highest BCUT2D eigenvalue weighted by atomic mass is 16.5. The summed E-state index contributed by atoms with van der Waals surface area (Å²) in [6.45, 7) is 0. The van der Waals surface area contributed by atoms with Crippen LogP contribution in [-0.2, 0) is 9.53 Å². The fourth-order valence-electron chi connectivity index (χ4n) is 3.46. The quantitative estimate of drug-likeness (QED) is 0.731. The van der Waals surface area contributed by atoms with Crippen LogP contribution in [0.3, 0.4) is 0 Å². The molecule has 1 aliphatic carbocycles. The van der Waals surface area contributed by atoms with Crippen molar-refractivity contribution in [1.29, 1.82) is 0 Å². The van der Waals surface area contributed by atoms with Crippen LogP contribution in [0.25, 0.3) is 5.76 Å².